The molecule has 2 aromatic rings. The van der Waals surface area contributed by atoms with Gasteiger partial charge in [0, 0.05) is 25.2 Å². The average molecular weight is 379 g/mol. The van der Waals surface area contributed by atoms with Crippen molar-refractivity contribution in [2.75, 3.05) is 18.0 Å². The van der Waals surface area contributed by atoms with Gasteiger partial charge in [0.1, 0.15) is 4.90 Å². The molecule has 0 spiro atoms. The van der Waals surface area contributed by atoms with E-state index in [1.807, 2.05) is 31.2 Å². The summed E-state index contributed by atoms with van der Waals surface area (Å²) >= 11 is 5.96. The van der Waals surface area contributed by atoms with Crippen LogP contribution in [0.2, 0.25) is 5.02 Å². The van der Waals surface area contributed by atoms with Crippen molar-refractivity contribution in [3.63, 3.8) is 0 Å². The summed E-state index contributed by atoms with van der Waals surface area (Å²) in [5, 5.41) is 0.179. The average Bonchev–Trinajstić information content (AvgIpc) is 2.95. The number of hydrogen-bond donors (Lipinski definition) is 1. The number of nitrogens with zero attached hydrogens (tertiary/aromatic N) is 1. The van der Waals surface area contributed by atoms with Crippen LogP contribution in [0.5, 0.6) is 0 Å². The van der Waals surface area contributed by atoms with Crippen LogP contribution in [0.4, 0.5) is 5.69 Å². The van der Waals surface area contributed by atoms with Gasteiger partial charge in [-0.3, -0.25) is 4.79 Å². The monoisotopic (exact) mass is 378 g/mol. The zero-order valence-corrected chi connectivity index (χ0v) is 15.3. The van der Waals surface area contributed by atoms with Gasteiger partial charge in [-0.2, -0.15) is 0 Å². The quantitative estimate of drug-likeness (QED) is 0.869. The largest absolute Gasteiger partial charge is 0.312 e. The van der Waals surface area contributed by atoms with Crippen LogP contribution in [-0.4, -0.2) is 27.4 Å². The second kappa shape index (κ2) is 7.15. The summed E-state index contributed by atoms with van der Waals surface area (Å²) < 4.78 is 27.3. The van der Waals surface area contributed by atoms with Crippen molar-refractivity contribution < 1.29 is 13.2 Å². The molecule has 132 valence electrons. The van der Waals surface area contributed by atoms with Crippen LogP contribution >= 0.6 is 11.6 Å². The summed E-state index contributed by atoms with van der Waals surface area (Å²) in [7, 11) is -3.70. The first-order chi connectivity index (χ1) is 11.9. The fraction of sp³-hybridized carbons (Fsp3) is 0.278. The normalized spacial score (nSPS) is 17.9. The van der Waals surface area contributed by atoms with E-state index in [0.717, 1.165) is 11.3 Å². The Labute approximate surface area is 152 Å². The Morgan fingerprint density at radius 1 is 1.16 bits per heavy atom. The Morgan fingerprint density at radius 2 is 1.84 bits per heavy atom. The van der Waals surface area contributed by atoms with Gasteiger partial charge >= 0.3 is 0 Å². The van der Waals surface area contributed by atoms with Crippen LogP contribution in [0.25, 0.3) is 0 Å². The molecule has 0 saturated carbocycles. The van der Waals surface area contributed by atoms with Gasteiger partial charge in [-0.15, -0.1) is 0 Å². The fourth-order valence-electron chi connectivity index (χ4n) is 2.86. The van der Waals surface area contributed by atoms with Gasteiger partial charge in [-0.25, -0.2) is 13.1 Å². The smallest absolute Gasteiger partial charge is 0.242 e. The van der Waals surface area contributed by atoms with E-state index in [1.165, 1.54) is 12.1 Å². The highest BCUT2D eigenvalue weighted by Crippen LogP contribution is 2.26. The third kappa shape index (κ3) is 4.03. The minimum atomic E-state index is -3.70. The van der Waals surface area contributed by atoms with E-state index < -0.39 is 10.0 Å². The second-order valence-corrected chi connectivity index (χ2v) is 8.33. The van der Waals surface area contributed by atoms with E-state index in [0.29, 0.717) is 13.0 Å². The van der Waals surface area contributed by atoms with Crippen molar-refractivity contribution in [3.8, 4) is 0 Å². The maximum absolute atomic E-state index is 12.4. The molecule has 1 heterocycles. The first-order valence-corrected chi connectivity index (χ1v) is 9.84. The number of carbonyl (C=O) groups excluding carboxylic acids is 1. The molecule has 1 aliphatic heterocycles. The highest BCUT2D eigenvalue weighted by atomic mass is 35.5. The Hall–Kier alpha value is -1.89. The van der Waals surface area contributed by atoms with E-state index in [1.54, 1.807) is 17.0 Å². The van der Waals surface area contributed by atoms with Crippen LogP contribution in [0.15, 0.2) is 53.4 Å². The number of amides is 1. The number of aryl methyl sites for hydroxylation is 1. The van der Waals surface area contributed by atoms with Gasteiger partial charge in [-0.1, -0.05) is 41.4 Å². The van der Waals surface area contributed by atoms with Crippen molar-refractivity contribution in [2.45, 2.75) is 18.2 Å². The molecule has 0 bridgehead atoms. The van der Waals surface area contributed by atoms with Crippen LogP contribution in [-0.2, 0) is 14.8 Å². The first-order valence-electron chi connectivity index (χ1n) is 7.98. The second-order valence-electron chi connectivity index (χ2n) is 6.19. The fourth-order valence-corrected chi connectivity index (χ4v) is 4.49. The first kappa shape index (κ1) is 17.9. The molecule has 7 heteroatoms. The molecule has 1 atom stereocenters. The number of hydrogen-bond acceptors (Lipinski definition) is 3. The zero-order chi connectivity index (χ0) is 18.0. The lowest BCUT2D eigenvalue weighted by molar-refractivity contribution is -0.117. The maximum atomic E-state index is 12.4. The third-order valence-electron chi connectivity index (χ3n) is 4.24. The molecule has 2 aromatic carbocycles. The predicted octanol–water partition coefficient (Wildman–Crippen LogP) is 2.98. The maximum Gasteiger partial charge on any atom is 0.242 e. The molecule has 0 aromatic heterocycles. The minimum Gasteiger partial charge on any atom is -0.312 e. The van der Waals surface area contributed by atoms with Crippen LogP contribution in [0.1, 0.15) is 12.0 Å². The summed E-state index contributed by atoms with van der Waals surface area (Å²) in [6.45, 7) is 2.68. The number of benzene rings is 2. The molecule has 1 fully saturated rings. The van der Waals surface area contributed by atoms with E-state index in [2.05, 4.69) is 4.72 Å². The molecular weight excluding hydrogens is 360 g/mol. The Bertz CT molecular complexity index is 881. The SMILES string of the molecule is Cc1ccc(N2CC(CNS(=O)(=O)c3ccccc3Cl)CC2=O)cc1. The van der Waals surface area contributed by atoms with Crippen molar-refractivity contribution in [1.29, 1.82) is 0 Å². The molecule has 1 amide bonds. The number of rotatable bonds is 5. The molecule has 0 radical (unpaired) electrons. The van der Waals surface area contributed by atoms with E-state index in [4.69, 9.17) is 11.6 Å². The number of nitrogens with one attached hydrogen (secondary N) is 1. The van der Waals surface area contributed by atoms with E-state index >= 15 is 0 Å². The standard InChI is InChI=1S/C18H19ClN2O3S/c1-13-6-8-15(9-7-13)21-12-14(10-18(21)22)11-20-25(23,24)17-5-3-2-4-16(17)19/h2-9,14,20H,10-12H2,1H3. The highest BCUT2D eigenvalue weighted by Gasteiger charge is 2.31. The molecule has 25 heavy (non-hydrogen) atoms. The van der Waals surface area contributed by atoms with E-state index in [9.17, 15) is 13.2 Å². The third-order valence-corrected chi connectivity index (χ3v) is 6.16. The number of carbonyl (C=O) groups is 1. The number of anilines is 1. The van der Waals surface area contributed by atoms with Crippen LogP contribution in [0.3, 0.4) is 0 Å². The summed E-state index contributed by atoms with van der Waals surface area (Å²) in [6, 6.07) is 14.0. The topological polar surface area (TPSA) is 66.5 Å². The zero-order valence-electron chi connectivity index (χ0n) is 13.8. The molecule has 1 unspecified atom stereocenters. The lowest BCUT2D eigenvalue weighted by Gasteiger charge is -2.17. The van der Waals surface area contributed by atoms with Crippen molar-refractivity contribution >= 4 is 33.2 Å². The lowest BCUT2D eigenvalue weighted by atomic mass is 10.1. The number of halogens is 1. The lowest BCUT2D eigenvalue weighted by Crippen LogP contribution is -2.31. The van der Waals surface area contributed by atoms with Crippen molar-refractivity contribution in [2.24, 2.45) is 5.92 Å². The molecular formula is C18H19ClN2O3S. The van der Waals surface area contributed by atoms with Gasteiger partial charge in [0.15, 0.2) is 0 Å². The van der Waals surface area contributed by atoms with Gasteiger partial charge in [0.2, 0.25) is 15.9 Å². The number of sulfonamides is 1. The van der Waals surface area contributed by atoms with Crippen molar-refractivity contribution in [3.05, 3.63) is 59.1 Å². The Morgan fingerprint density at radius 3 is 2.52 bits per heavy atom. The van der Waals surface area contributed by atoms with Crippen LogP contribution in [0, 0.1) is 12.8 Å². The molecule has 1 N–H and O–H groups in total. The Balaban J connectivity index is 1.66. The molecule has 0 aliphatic carbocycles. The summed E-state index contributed by atoms with van der Waals surface area (Å²) in [5.74, 6) is -0.0724. The molecule has 1 aliphatic rings. The van der Waals surface area contributed by atoms with Gasteiger partial charge in [-0.05, 0) is 37.1 Å². The molecule has 5 nitrogen and oxygen atoms in total. The van der Waals surface area contributed by atoms with Gasteiger partial charge in [0.05, 0.1) is 5.02 Å². The Kier molecular flexibility index (Phi) is 5.13. The minimum absolute atomic E-state index is 0.00537. The highest BCUT2D eigenvalue weighted by molar-refractivity contribution is 7.89. The van der Waals surface area contributed by atoms with Crippen molar-refractivity contribution in [1.82, 2.24) is 4.72 Å². The van der Waals surface area contributed by atoms with Gasteiger partial charge < -0.3 is 4.90 Å². The molecule has 1 saturated heterocycles. The predicted molar refractivity (Wildman–Crippen MR) is 98.3 cm³/mol. The molecule has 3 rings (SSSR count). The summed E-state index contributed by atoms with van der Waals surface area (Å²) in [4.78, 5) is 14.0. The van der Waals surface area contributed by atoms with Crippen LogP contribution < -0.4 is 9.62 Å². The van der Waals surface area contributed by atoms with Gasteiger partial charge in [0.25, 0.3) is 0 Å². The summed E-state index contributed by atoms with van der Waals surface area (Å²) in [6.07, 6.45) is 0.318. The van der Waals surface area contributed by atoms with E-state index in [-0.39, 0.29) is 28.3 Å². The summed E-state index contributed by atoms with van der Waals surface area (Å²) in [5.41, 5.74) is 1.96.